The van der Waals surface area contributed by atoms with Gasteiger partial charge in [-0.1, -0.05) is 42.5 Å². The molecule has 158 valence electrons. The van der Waals surface area contributed by atoms with Crippen LogP contribution in [0.4, 0.5) is 0 Å². The first-order valence-corrected chi connectivity index (χ1v) is 10.4. The number of aryl methyl sites for hydroxylation is 1. The Kier molecular flexibility index (Phi) is 7.89. The second-order valence-electron chi connectivity index (χ2n) is 7.32. The summed E-state index contributed by atoms with van der Waals surface area (Å²) < 4.78 is 8.10. The molecule has 6 heteroatoms. The monoisotopic (exact) mass is 405 g/mol. The summed E-state index contributed by atoms with van der Waals surface area (Å²) in [5.41, 5.74) is 3.56. The number of benzene rings is 2. The van der Waals surface area contributed by atoms with E-state index in [9.17, 15) is 0 Å². The summed E-state index contributed by atoms with van der Waals surface area (Å²) in [6.07, 6.45) is 5.62. The van der Waals surface area contributed by atoms with Crippen molar-refractivity contribution in [3.8, 4) is 5.75 Å². The van der Waals surface area contributed by atoms with Gasteiger partial charge in [-0.15, -0.1) is 0 Å². The third-order valence-corrected chi connectivity index (χ3v) is 4.69. The van der Waals surface area contributed by atoms with E-state index in [1.54, 1.807) is 6.20 Å². The summed E-state index contributed by atoms with van der Waals surface area (Å²) in [5, 5.41) is 6.67. The van der Waals surface area contributed by atoms with Crippen LogP contribution < -0.4 is 15.4 Å². The number of para-hydroxylation sites is 1. The molecule has 1 heterocycles. The zero-order valence-corrected chi connectivity index (χ0v) is 18.0. The fourth-order valence-corrected chi connectivity index (χ4v) is 3.04. The molecule has 2 N–H and O–H groups in total. The summed E-state index contributed by atoms with van der Waals surface area (Å²) >= 11 is 0. The number of aromatic nitrogens is 2. The summed E-state index contributed by atoms with van der Waals surface area (Å²) in [6, 6.07) is 16.6. The van der Waals surface area contributed by atoms with Gasteiger partial charge in [0.2, 0.25) is 0 Å². The van der Waals surface area contributed by atoms with Crippen LogP contribution in [-0.4, -0.2) is 34.7 Å². The largest absolute Gasteiger partial charge is 0.489 e. The van der Waals surface area contributed by atoms with Crippen molar-refractivity contribution in [2.75, 3.05) is 13.1 Å². The van der Waals surface area contributed by atoms with Gasteiger partial charge in [0.1, 0.15) is 11.9 Å². The van der Waals surface area contributed by atoms with Gasteiger partial charge >= 0.3 is 0 Å². The Bertz CT molecular complexity index is 919. The van der Waals surface area contributed by atoms with Crippen molar-refractivity contribution in [1.29, 1.82) is 0 Å². The van der Waals surface area contributed by atoms with Crippen LogP contribution in [-0.2, 0) is 13.1 Å². The van der Waals surface area contributed by atoms with E-state index in [0.29, 0.717) is 13.1 Å². The van der Waals surface area contributed by atoms with Gasteiger partial charge in [-0.25, -0.2) is 9.98 Å². The molecule has 0 fully saturated rings. The van der Waals surface area contributed by atoms with E-state index in [-0.39, 0.29) is 6.10 Å². The van der Waals surface area contributed by atoms with E-state index in [0.717, 1.165) is 30.4 Å². The van der Waals surface area contributed by atoms with Crippen molar-refractivity contribution < 1.29 is 4.74 Å². The van der Waals surface area contributed by atoms with E-state index in [4.69, 9.17) is 9.73 Å². The fraction of sp³-hybridized carbons (Fsp3) is 0.333. The maximum absolute atomic E-state index is 6.04. The molecule has 0 spiro atoms. The molecule has 0 aliphatic carbocycles. The van der Waals surface area contributed by atoms with E-state index >= 15 is 0 Å². The van der Waals surface area contributed by atoms with Gasteiger partial charge < -0.3 is 19.9 Å². The standard InChI is InChI=1S/C24H31N5O/c1-4-26-24(27-15-20(3)30-23-8-6-5-7-19(23)2)28-16-21-9-11-22(12-10-21)17-29-14-13-25-18-29/h5-14,18,20H,4,15-17H2,1-3H3,(H2,26,27,28). The Hall–Kier alpha value is -3.28. The van der Waals surface area contributed by atoms with Crippen LogP contribution in [0.5, 0.6) is 5.75 Å². The Morgan fingerprint density at radius 1 is 1.10 bits per heavy atom. The minimum atomic E-state index is 0.0254. The number of aliphatic imine (C=N–C) groups is 1. The number of hydrogen-bond acceptors (Lipinski definition) is 3. The third-order valence-electron chi connectivity index (χ3n) is 4.69. The molecule has 3 rings (SSSR count). The fourth-order valence-electron chi connectivity index (χ4n) is 3.04. The van der Waals surface area contributed by atoms with Gasteiger partial charge in [0, 0.05) is 25.5 Å². The first-order valence-electron chi connectivity index (χ1n) is 10.4. The first kappa shape index (κ1) is 21.4. The van der Waals surface area contributed by atoms with Crippen LogP contribution in [0, 0.1) is 6.92 Å². The molecule has 1 aromatic heterocycles. The second kappa shape index (κ2) is 11.0. The van der Waals surface area contributed by atoms with Gasteiger partial charge in [-0.2, -0.15) is 0 Å². The van der Waals surface area contributed by atoms with Crippen molar-refractivity contribution in [3.63, 3.8) is 0 Å². The lowest BCUT2D eigenvalue weighted by atomic mass is 10.1. The highest BCUT2D eigenvalue weighted by atomic mass is 16.5. The van der Waals surface area contributed by atoms with E-state index in [1.807, 2.05) is 30.7 Å². The average Bonchev–Trinajstić information content (AvgIpc) is 3.26. The van der Waals surface area contributed by atoms with Crippen LogP contribution in [0.2, 0.25) is 0 Å². The molecular formula is C24H31N5O. The molecule has 2 aromatic carbocycles. The van der Waals surface area contributed by atoms with Crippen molar-refractivity contribution in [2.24, 2.45) is 4.99 Å². The predicted molar refractivity (Wildman–Crippen MR) is 122 cm³/mol. The smallest absolute Gasteiger partial charge is 0.191 e. The lowest BCUT2D eigenvalue weighted by molar-refractivity contribution is 0.222. The normalized spacial score (nSPS) is 12.4. The van der Waals surface area contributed by atoms with Crippen LogP contribution >= 0.6 is 0 Å². The van der Waals surface area contributed by atoms with Gasteiger partial charge in [0.25, 0.3) is 0 Å². The highest BCUT2D eigenvalue weighted by Gasteiger charge is 2.07. The van der Waals surface area contributed by atoms with Crippen molar-refractivity contribution in [1.82, 2.24) is 20.2 Å². The first-order chi connectivity index (χ1) is 14.6. The van der Waals surface area contributed by atoms with Crippen molar-refractivity contribution in [2.45, 2.75) is 40.0 Å². The molecule has 0 bridgehead atoms. The van der Waals surface area contributed by atoms with Crippen LogP contribution in [0.3, 0.4) is 0 Å². The Balaban J connectivity index is 1.51. The van der Waals surface area contributed by atoms with Crippen LogP contribution in [0.25, 0.3) is 0 Å². The topological polar surface area (TPSA) is 63.5 Å². The van der Waals surface area contributed by atoms with Crippen LogP contribution in [0.1, 0.15) is 30.5 Å². The molecular weight excluding hydrogens is 374 g/mol. The number of guanidine groups is 1. The summed E-state index contributed by atoms with van der Waals surface area (Å²) in [6.45, 7) is 9.10. The number of ether oxygens (including phenoxy) is 1. The van der Waals surface area contributed by atoms with Gasteiger partial charge in [-0.05, 0) is 43.5 Å². The molecule has 1 unspecified atom stereocenters. The summed E-state index contributed by atoms with van der Waals surface area (Å²) in [4.78, 5) is 8.79. The minimum Gasteiger partial charge on any atom is -0.489 e. The number of hydrogen-bond donors (Lipinski definition) is 2. The summed E-state index contributed by atoms with van der Waals surface area (Å²) in [7, 11) is 0. The molecule has 0 saturated carbocycles. The highest BCUT2D eigenvalue weighted by Crippen LogP contribution is 2.17. The summed E-state index contributed by atoms with van der Waals surface area (Å²) in [5.74, 6) is 1.71. The zero-order valence-electron chi connectivity index (χ0n) is 18.0. The van der Waals surface area contributed by atoms with Gasteiger partial charge in [0.15, 0.2) is 5.96 Å². The molecule has 6 nitrogen and oxygen atoms in total. The lowest BCUT2D eigenvalue weighted by Gasteiger charge is -2.18. The van der Waals surface area contributed by atoms with Crippen molar-refractivity contribution in [3.05, 3.63) is 83.9 Å². The lowest BCUT2D eigenvalue weighted by Crippen LogP contribution is -2.41. The Morgan fingerprint density at radius 3 is 2.57 bits per heavy atom. The SMILES string of the molecule is CCNC(=NCc1ccc(Cn2ccnc2)cc1)NCC(C)Oc1ccccc1C. The minimum absolute atomic E-state index is 0.0254. The van der Waals surface area contributed by atoms with E-state index in [1.165, 1.54) is 11.1 Å². The molecule has 30 heavy (non-hydrogen) atoms. The molecule has 3 aromatic rings. The second-order valence-corrected chi connectivity index (χ2v) is 7.32. The zero-order chi connectivity index (χ0) is 21.2. The number of nitrogens with zero attached hydrogens (tertiary/aromatic N) is 3. The molecule has 1 atom stereocenters. The van der Waals surface area contributed by atoms with Gasteiger partial charge in [-0.3, -0.25) is 0 Å². The van der Waals surface area contributed by atoms with Gasteiger partial charge in [0.05, 0.1) is 19.4 Å². The quantitative estimate of drug-likeness (QED) is 0.420. The molecule has 0 radical (unpaired) electrons. The third kappa shape index (κ3) is 6.65. The molecule has 0 aliphatic rings. The Labute approximate surface area is 179 Å². The maximum Gasteiger partial charge on any atom is 0.191 e. The average molecular weight is 406 g/mol. The van der Waals surface area contributed by atoms with E-state index in [2.05, 4.69) is 71.3 Å². The molecule has 0 amide bonds. The number of nitrogens with one attached hydrogen (secondary N) is 2. The Morgan fingerprint density at radius 2 is 1.87 bits per heavy atom. The molecule has 0 aliphatic heterocycles. The highest BCUT2D eigenvalue weighted by molar-refractivity contribution is 5.79. The van der Waals surface area contributed by atoms with Crippen LogP contribution in [0.15, 0.2) is 72.2 Å². The predicted octanol–water partition coefficient (Wildman–Crippen LogP) is 3.76. The number of imidazole rings is 1. The molecule has 0 saturated heterocycles. The number of rotatable bonds is 9. The van der Waals surface area contributed by atoms with E-state index < -0.39 is 0 Å². The maximum atomic E-state index is 6.04. The van der Waals surface area contributed by atoms with Crippen molar-refractivity contribution >= 4 is 5.96 Å².